The second-order valence-electron chi connectivity index (χ2n) is 5.35. The quantitative estimate of drug-likeness (QED) is 0.850. The van der Waals surface area contributed by atoms with E-state index in [0.29, 0.717) is 16.5 Å². The van der Waals surface area contributed by atoms with Gasteiger partial charge in [0.25, 0.3) is 5.91 Å². The number of benzene rings is 1. The Balaban J connectivity index is 1.74. The molecule has 0 aromatic heterocycles. The van der Waals surface area contributed by atoms with Crippen molar-refractivity contribution in [2.45, 2.75) is 6.42 Å². The molecular weight excluding hydrogens is 328 g/mol. The van der Waals surface area contributed by atoms with Gasteiger partial charge in [-0.25, -0.2) is 0 Å². The van der Waals surface area contributed by atoms with Gasteiger partial charge in [-0.15, -0.1) is 0 Å². The maximum absolute atomic E-state index is 12.5. The molecule has 1 N–H and O–H groups in total. The van der Waals surface area contributed by atoms with Gasteiger partial charge < -0.3 is 10.2 Å². The van der Waals surface area contributed by atoms with Crippen LogP contribution in [0.25, 0.3) is 0 Å². The topological polar surface area (TPSA) is 32.3 Å². The summed E-state index contributed by atoms with van der Waals surface area (Å²) in [6, 6.07) is 5.38. The molecule has 3 nitrogen and oxygen atoms in total. The third-order valence-electron chi connectivity index (χ3n) is 4.16. The predicted molar refractivity (Wildman–Crippen MR) is 79.5 cm³/mol. The van der Waals surface area contributed by atoms with Crippen LogP contribution < -0.4 is 5.32 Å². The first-order valence-corrected chi connectivity index (χ1v) is 7.77. The van der Waals surface area contributed by atoms with Crippen LogP contribution in [0.4, 0.5) is 0 Å². The number of carbonyl (C=O) groups is 1. The van der Waals surface area contributed by atoms with E-state index in [1.54, 1.807) is 12.1 Å². The van der Waals surface area contributed by atoms with Crippen LogP contribution in [0.2, 0.25) is 5.02 Å². The number of nitrogens with one attached hydrogen (secondary N) is 1. The Hall–Kier alpha value is -0.580. The van der Waals surface area contributed by atoms with E-state index in [-0.39, 0.29) is 5.91 Å². The van der Waals surface area contributed by atoms with Crippen molar-refractivity contribution in [2.75, 3.05) is 26.2 Å². The van der Waals surface area contributed by atoms with Crippen molar-refractivity contribution in [3.63, 3.8) is 0 Å². The summed E-state index contributed by atoms with van der Waals surface area (Å²) in [4.78, 5) is 14.5. The van der Waals surface area contributed by atoms with E-state index in [1.807, 2.05) is 11.0 Å². The van der Waals surface area contributed by atoms with Gasteiger partial charge in [-0.05, 0) is 65.5 Å². The number of carbonyl (C=O) groups excluding carboxylic acids is 1. The van der Waals surface area contributed by atoms with E-state index in [0.717, 1.165) is 43.0 Å². The molecule has 0 bridgehead atoms. The molecule has 5 heteroatoms. The Labute approximate surface area is 126 Å². The van der Waals surface area contributed by atoms with E-state index in [9.17, 15) is 4.79 Å². The van der Waals surface area contributed by atoms with Gasteiger partial charge in [-0.2, -0.15) is 0 Å². The van der Waals surface area contributed by atoms with E-state index < -0.39 is 0 Å². The smallest absolute Gasteiger partial charge is 0.253 e. The monoisotopic (exact) mass is 342 g/mol. The second kappa shape index (κ2) is 5.43. The van der Waals surface area contributed by atoms with Gasteiger partial charge in [0.05, 0.1) is 5.02 Å². The highest BCUT2D eigenvalue weighted by atomic mass is 79.9. The summed E-state index contributed by atoms with van der Waals surface area (Å²) in [5.41, 5.74) is 0.709. The molecule has 0 spiro atoms. The molecule has 1 aromatic rings. The van der Waals surface area contributed by atoms with Gasteiger partial charge in [0.15, 0.2) is 0 Å². The first-order valence-electron chi connectivity index (χ1n) is 6.60. The van der Waals surface area contributed by atoms with Crippen LogP contribution in [0.15, 0.2) is 22.7 Å². The van der Waals surface area contributed by atoms with Gasteiger partial charge in [-0.3, -0.25) is 4.79 Å². The first-order chi connectivity index (χ1) is 9.15. The molecule has 2 atom stereocenters. The fourth-order valence-electron chi connectivity index (χ4n) is 3.03. The van der Waals surface area contributed by atoms with Crippen LogP contribution in [-0.2, 0) is 0 Å². The van der Waals surface area contributed by atoms with Crippen molar-refractivity contribution in [3.05, 3.63) is 33.3 Å². The van der Waals surface area contributed by atoms with Gasteiger partial charge in [-0.1, -0.05) is 11.6 Å². The molecule has 0 aliphatic carbocycles. The van der Waals surface area contributed by atoms with Crippen LogP contribution in [0, 0.1) is 11.8 Å². The van der Waals surface area contributed by atoms with Crippen molar-refractivity contribution in [1.82, 2.24) is 10.2 Å². The fourth-order valence-corrected chi connectivity index (χ4v) is 3.53. The van der Waals surface area contributed by atoms with Crippen molar-refractivity contribution < 1.29 is 4.79 Å². The number of piperidine rings is 1. The number of hydrogen-bond acceptors (Lipinski definition) is 2. The van der Waals surface area contributed by atoms with E-state index in [4.69, 9.17) is 11.6 Å². The average Bonchev–Trinajstić information content (AvgIpc) is 2.88. The molecule has 2 fully saturated rings. The minimum Gasteiger partial charge on any atom is -0.338 e. The first kappa shape index (κ1) is 13.4. The molecule has 2 aliphatic heterocycles. The molecule has 2 aliphatic rings. The van der Waals surface area contributed by atoms with Crippen LogP contribution in [0.5, 0.6) is 0 Å². The predicted octanol–water partition coefficient (Wildman–Crippen LogP) is 2.78. The zero-order valence-corrected chi connectivity index (χ0v) is 12.9. The van der Waals surface area contributed by atoms with Crippen LogP contribution in [-0.4, -0.2) is 37.0 Å². The molecule has 19 heavy (non-hydrogen) atoms. The number of rotatable bonds is 1. The lowest BCUT2D eigenvalue weighted by Gasteiger charge is -2.34. The summed E-state index contributed by atoms with van der Waals surface area (Å²) >= 11 is 9.33. The van der Waals surface area contributed by atoms with Crippen LogP contribution in [0.1, 0.15) is 16.8 Å². The molecule has 1 aromatic carbocycles. The Kier molecular flexibility index (Phi) is 3.83. The maximum Gasteiger partial charge on any atom is 0.253 e. The summed E-state index contributed by atoms with van der Waals surface area (Å²) in [6.07, 6.45) is 1.11. The largest absolute Gasteiger partial charge is 0.338 e. The number of likely N-dealkylation sites (tertiary alicyclic amines) is 1. The summed E-state index contributed by atoms with van der Waals surface area (Å²) in [7, 11) is 0. The molecule has 2 saturated heterocycles. The number of hydrogen-bond donors (Lipinski definition) is 1. The lowest BCUT2D eigenvalue weighted by Crippen LogP contribution is -2.43. The molecule has 3 rings (SSSR count). The lowest BCUT2D eigenvalue weighted by atomic mass is 9.88. The number of amides is 1. The third-order valence-corrected chi connectivity index (χ3v) is 5.37. The highest BCUT2D eigenvalue weighted by Gasteiger charge is 2.34. The highest BCUT2D eigenvalue weighted by Crippen LogP contribution is 2.28. The lowest BCUT2D eigenvalue weighted by molar-refractivity contribution is 0.0642. The van der Waals surface area contributed by atoms with Crippen molar-refractivity contribution in [1.29, 1.82) is 0 Å². The molecule has 0 saturated carbocycles. The van der Waals surface area contributed by atoms with Crippen molar-refractivity contribution in [2.24, 2.45) is 11.8 Å². The molecule has 2 unspecified atom stereocenters. The Morgan fingerprint density at radius 1 is 1.37 bits per heavy atom. The van der Waals surface area contributed by atoms with Crippen molar-refractivity contribution >= 4 is 33.4 Å². The summed E-state index contributed by atoms with van der Waals surface area (Å²) in [5.74, 6) is 1.48. The third kappa shape index (κ3) is 2.67. The van der Waals surface area contributed by atoms with Gasteiger partial charge in [0, 0.05) is 23.1 Å². The SMILES string of the molecule is O=C(c1ccc(Cl)c(Br)c1)N1CCC2CNCC2C1. The van der Waals surface area contributed by atoms with Crippen LogP contribution in [0.3, 0.4) is 0 Å². The van der Waals surface area contributed by atoms with Gasteiger partial charge >= 0.3 is 0 Å². The molecule has 0 radical (unpaired) electrons. The zero-order chi connectivity index (χ0) is 13.4. The minimum absolute atomic E-state index is 0.114. The summed E-state index contributed by atoms with van der Waals surface area (Å²) in [5, 5.41) is 4.05. The second-order valence-corrected chi connectivity index (χ2v) is 6.61. The summed E-state index contributed by atoms with van der Waals surface area (Å²) < 4.78 is 0.775. The fraction of sp³-hybridized carbons (Fsp3) is 0.500. The van der Waals surface area contributed by atoms with Gasteiger partial charge in [0.2, 0.25) is 0 Å². The highest BCUT2D eigenvalue weighted by molar-refractivity contribution is 9.10. The zero-order valence-electron chi connectivity index (χ0n) is 10.5. The standard InChI is InChI=1S/C14H16BrClN2O/c15-12-5-9(1-2-13(12)16)14(19)18-4-3-10-6-17-7-11(10)8-18/h1-2,5,10-11,17H,3-4,6-8H2. The van der Waals surface area contributed by atoms with E-state index in [1.165, 1.54) is 0 Å². The maximum atomic E-state index is 12.5. The Morgan fingerprint density at radius 3 is 2.95 bits per heavy atom. The normalized spacial score (nSPS) is 26.3. The van der Waals surface area contributed by atoms with E-state index in [2.05, 4.69) is 21.2 Å². The number of nitrogens with zero attached hydrogens (tertiary/aromatic N) is 1. The van der Waals surface area contributed by atoms with E-state index >= 15 is 0 Å². The van der Waals surface area contributed by atoms with Gasteiger partial charge in [0.1, 0.15) is 0 Å². The Morgan fingerprint density at radius 2 is 2.16 bits per heavy atom. The molecule has 102 valence electrons. The molecule has 1 amide bonds. The number of halogens is 2. The minimum atomic E-state index is 0.114. The van der Waals surface area contributed by atoms with Crippen LogP contribution >= 0.6 is 27.5 Å². The summed E-state index contributed by atoms with van der Waals surface area (Å²) in [6.45, 7) is 3.89. The molecule has 2 heterocycles. The number of fused-ring (bicyclic) bond motifs is 1. The van der Waals surface area contributed by atoms with Crippen molar-refractivity contribution in [3.8, 4) is 0 Å². The average molecular weight is 344 g/mol. The molecular formula is C14H16BrClN2O. The Bertz CT molecular complexity index is 508.